The van der Waals surface area contributed by atoms with Crippen molar-refractivity contribution in [2.24, 2.45) is 34.5 Å². The average Bonchev–Trinajstić information content (AvgIpc) is 2.82. The molecule has 0 amide bonds. The molecule has 0 aromatic rings. The van der Waals surface area contributed by atoms with Crippen molar-refractivity contribution in [1.29, 1.82) is 0 Å². The Morgan fingerprint density at radius 1 is 1.15 bits per heavy atom. The quantitative estimate of drug-likeness (QED) is 0.665. The van der Waals surface area contributed by atoms with Crippen LogP contribution in [0.25, 0.3) is 0 Å². The Hall–Kier alpha value is -1.10. The molecule has 0 heterocycles. The third kappa shape index (κ3) is 2.07. The first kappa shape index (κ1) is 18.3. The molecule has 4 aliphatic rings. The average molecular weight is 368 g/mol. The van der Waals surface area contributed by atoms with E-state index in [4.69, 9.17) is 0 Å². The van der Waals surface area contributed by atoms with Crippen LogP contribution in [0.3, 0.4) is 0 Å². The van der Waals surface area contributed by atoms with Gasteiger partial charge in [0.25, 0.3) is 0 Å². The Labute approximate surface area is 152 Å². The van der Waals surface area contributed by atoms with Crippen LogP contribution in [0.2, 0.25) is 0 Å². The lowest BCUT2D eigenvalue weighted by atomic mass is 9.45. The van der Waals surface area contributed by atoms with Gasteiger partial charge in [0, 0.05) is 10.8 Å². The van der Waals surface area contributed by atoms with Crippen LogP contribution in [-0.2, 0) is 4.79 Å². The van der Waals surface area contributed by atoms with Crippen LogP contribution in [0.5, 0.6) is 0 Å². The van der Waals surface area contributed by atoms with Crippen molar-refractivity contribution in [3.63, 3.8) is 0 Å². The molecule has 1 N–H and O–H groups in total. The molecule has 144 valence electrons. The smallest absolute Gasteiger partial charge is 0.380 e. The molecular formula is C21H27F3O2. The van der Waals surface area contributed by atoms with Gasteiger partial charge in [-0.05, 0) is 67.9 Å². The van der Waals surface area contributed by atoms with E-state index >= 15 is 0 Å². The van der Waals surface area contributed by atoms with E-state index in [1.54, 1.807) is 19.1 Å². The first-order valence-corrected chi connectivity index (χ1v) is 9.67. The summed E-state index contributed by atoms with van der Waals surface area (Å²) in [6.07, 6.45) is 2.78. The highest BCUT2D eigenvalue weighted by Gasteiger charge is 2.72. The number of carbonyl (C=O) groups is 1. The van der Waals surface area contributed by atoms with E-state index in [-0.39, 0.29) is 41.3 Å². The zero-order valence-electron chi connectivity index (χ0n) is 15.6. The van der Waals surface area contributed by atoms with Crippen LogP contribution in [0, 0.1) is 34.5 Å². The molecule has 5 heteroatoms. The molecule has 2 nitrogen and oxygen atoms in total. The van der Waals surface area contributed by atoms with Gasteiger partial charge in [0.1, 0.15) is 0 Å². The predicted octanol–water partition coefficient (Wildman–Crippen LogP) is 4.83. The molecule has 0 bridgehead atoms. The zero-order chi connectivity index (χ0) is 19.1. The zero-order valence-corrected chi connectivity index (χ0v) is 15.6. The molecular weight excluding hydrogens is 341 g/mol. The SMILES string of the molecule is C[C@@H]1CC2=CC(=O)C=C[C@]2(C)[C@H]2CC[C@@]3(C)[C@@H](CC[C@@]3(O)C(F)(F)F)[C@H]12. The first-order valence-electron chi connectivity index (χ1n) is 9.67. The van der Waals surface area contributed by atoms with Gasteiger partial charge in [0.05, 0.1) is 0 Å². The molecule has 0 saturated heterocycles. The lowest BCUT2D eigenvalue weighted by Gasteiger charge is -2.60. The van der Waals surface area contributed by atoms with E-state index in [9.17, 15) is 23.1 Å². The molecule has 0 unspecified atom stereocenters. The van der Waals surface area contributed by atoms with Crippen LogP contribution in [0.4, 0.5) is 13.2 Å². The van der Waals surface area contributed by atoms with Crippen LogP contribution < -0.4 is 0 Å². The summed E-state index contributed by atoms with van der Waals surface area (Å²) < 4.78 is 41.3. The van der Waals surface area contributed by atoms with Crippen molar-refractivity contribution in [3.05, 3.63) is 23.8 Å². The minimum absolute atomic E-state index is 0.0103. The minimum Gasteiger partial charge on any atom is -0.380 e. The normalized spacial score (nSPS) is 50.7. The number of alkyl halides is 3. The van der Waals surface area contributed by atoms with Gasteiger partial charge in [-0.2, -0.15) is 13.2 Å². The van der Waals surface area contributed by atoms with Gasteiger partial charge in [-0.15, -0.1) is 0 Å². The number of hydrogen-bond acceptors (Lipinski definition) is 2. The number of halogens is 3. The topological polar surface area (TPSA) is 37.3 Å². The van der Waals surface area contributed by atoms with Crippen molar-refractivity contribution in [2.75, 3.05) is 0 Å². The summed E-state index contributed by atoms with van der Waals surface area (Å²) in [6.45, 7) is 5.91. The molecule has 0 spiro atoms. The van der Waals surface area contributed by atoms with E-state index < -0.39 is 17.2 Å². The second-order valence-electron chi connectivity index (χ2n) is 9.51. The molecule has 0 radical (unpaired) electrons. The molecule has 4 rings (SSSR count). The fourth-order valence-electron chi connectivity index (χ4n) is 7.03. The van der Waals surface area contributed by atoms with Crippen molar-refractivity contribution in [1.82, 2.24) is 0 Å². The van der Waals surface area contributed by atoms with E-state index in [0.29, 0.717) is 19.3 Å². The maximum atomic E-state index is 13.8. The van der Waals surface area contributed by atoms with Gasteiger partial charge in [-0.3, -0.25) is 4.79 Å². The van der Waals surface area contributed by atoms with Gasteiger partial charge < -0.3 is 5.11 Å². The Bertz CT molecular complexity index is 709. The van der Waals surface area contributed by atoms with Crippen LogP contribution in [0.1, 0.15) is 52.9 Å². The second-order valence-corrected chi connectivity index (χ2v) is 9.51. The van der Waals surface area contributed by atoms with E-state index in [0.717, 1.165) is 12.0 Å². The third-order valence-corrected chi connectivity index (χ3v) is 8.52. The van der Waals surface area contributed by atoms with Gasteiger partial charge in [0.15, 0.2) is 11.4 Å². The van der Waals surface area contributed by atoms with E-state index in [1.807, 2.05) is 6.08 Å². The molecule has 26 heavy (non-hydrogen) atoms. The number of allylic oxidation sites excluding steroid dienone is 4. The highest BCUT2D eigenvalue weighted by atomic mass is 19.4. The van der Waals surface area contributed by atoms with Crippen molar-refractivity contribution >= 4 is 5.78 Å². The lowest BCUT2D eigenvalue weighted by molar-refractivity contribution is -0.303. The lowest BCUT2D eigenvalue weighted by Crippen LogP contribution is -2.60. The first-order chi connectivity index (χ1) is 11.9. The van der Waals surface area contributed by atoms with Crippen LogP contribution >= 0.6 is 0 Å². The van der Waals surface area contributed by atoms with Crippen LogP contribution in [0.15, 0.2) is 23.8 Å². The highest BCUT2D eigenvalue weighted by Crippen LogP contribution is 2.70. The van der Waals surface area contributed by atoms with Gasteiger partial charge >= 0.3 is 6.18 Å². The summed E-state index contributed by atoms with van der Waals surface area (Å²) in [4.78, 5) is 11.8. The standard InChI is InChI=1S/C21H27F3O2/c1-12-10-13-11-14(25)4-7-18(13,2)15-5-8-19(3)16(17(12)15)6-9-20(19,26)21(22,23)24/h4,7,11-12,15-17,26H,5-6,8-10H2,1-3H3/t12-,15+,16+,17-,18+,19+,20+/m1/s1. The maximum Gasteiger partial charge on any atom is 0.417 e. The molecule has 3 fully saturated rings. The molecule has 0 aromatic heterocycles. The Kier molecular flexibility index (Phi) is 3.68. The summed E-state index contributed by atoms with van der Waals surface area (Å²) in [5, 5.41) is 10.7. The van der Waals surface area contributed by atoms with Gasteiger partial charge in [0.2, 0.25) is 0 Å². The van der Waals surface area contributed by atoms with E-state index in [2.05, 4.69) is 13.8 Å². The number of ketones is 1. The summed E-state index contributed by atoms with van der Waals surface area (Å²) in [5.41, 5.74) is -2.81. The third-order valence-electron chi connectivity index (χ3n) is 8.52. The summed E-state index contributed by atoms with van der Waals surface area (Å²) in [7, 11) is 0. The summed E-state index contributed by atoms with van der Waals surface area (Å²) in [6, 6.07) is 0. The highest BCUT2D eigenvalue weighted by molar-refractivity contribution is 6.01. The summed E-state index contributed by atoms with van der Waals surface area (Å²) in [5.74, 6) is 0.475. The largest absolute Gasteiger partial charge is 0.417 e. The molecule has 0 aliphatic heterocycles. The number of carbonyl (C=O) groups excluding carboxylic acids is 1. The van der Waals surface area contributed by atoms with E-state index in [1.165, 1.54) is 0 Å². The second kappa shape index (κ2) is 5.24. The van der Waals surface area contributed by atoms with Crippen LogP contribution in [-0.4, -0.2) is 22.7 Å². The predicted molar refractivity (Wildman–Crippen MR) is 92.2 cm³/mol. The Balaban J connectivity index is 1.75. The molecule has 4 aliphatic carbocycles. The Morgan fingerprint density at radius 2 is 1.81 bits per heavy atom. The fourth-order valence-corrected chi connectivity index (χ4v) is 7.03. The monoisotopic (exact) mass is 368 g/mol. The van der Waals surface area contributed by atoms with Crippen molar-refractivity contribution < 1.29 is 23.1 Å². The molecule has 3 saturated carbocycles. The van der Waals surface area contributed by atoms with Crippen molar-refractivity contribution in [3.8, 4) is 0 Å². The number of rotatable bonds is 0. The number of fused-ring (bicyclic) bond motifs is 5. The molecule has 7 atom stereocenters. The summed E-state index contributed by atoms with van der Waals surface area (Å²) >= 11 is 0. The van der Waals surface area contributed by atoms with Gasteiger partial charge in [-0.25, -0.2) is 0 Å². The van der Waals surface area contributed by atoms with Gasteiger partial charge in [-0.1, -0.05) is 32.4 Å². The molecule has 0 aromatic carbocycles. The Morgan fingerprint density at radius 3 is 2.46 bits per heavy atom. The number of aliphatic hydroxyl groups is 1. The maximum absolute atomic E-state index is 13.8. The fraction of sp³-hybridized carbons (Fsp3) is 0.762. The minimum atomic E-state index is -4.59. The van der Waals surface area contributed by atoms with Crippen molar-refractivity contribution in [2.45, 2.75) is 64.7 Å². The number of hydrogen-bond donors (Lipinski definition) is 1.